The molecule has 0 spiro atoms. The van der Waals surface area contributed by atoms with Gasteiger partial charge < -0.3 is 15.2 Å². The predicted octanol–water partition coefficient (Wildman–Crippen LogP) is 3.80. The molecule has 0 radical (unpaired) electrons. The van der Waals surface area contributed by atoms with Gasteiger partial charge in [-0.2, -0.15) is 0 Å². The summed E-state index contributed by atoms with van der Waals surface area (Å²) in [5.74, 6) is 0.386. The Bertz CT molecular complexity index is 865. The van der Waals surface area contributed by atoms with Gasteiger partial charge in [-0.3, -0.25) is 19.2 Å². The molecular formula is C26H37NO6. The Morgan fingerprint density at radius 3 is 2.58 bits per heavy atom. The van der Waals surface area contributed by atoms with Crippen molar-refractivity contribution in [2.75, 3.05) is 6.54 Å². The fourth-order valence-electron chi connectivity index (χ4n) is 7.54. The number of aliphatic carboxylic acids is 1. The van der Waals surface area contributed by atoms with Crippen LogP contribution in [-0.2, 0) is 23.9 Å². The van der Waals surface area contributed by atoms with Crippen LogP contribution in [0.15, 0.2) is 11.6 Å². The number of rotatable bonds is 7. The number of carboxylic acid groups (broad SMARTS) is 1. The van der Waals surface area contributed by atoms with Gasteiger partial charge in [-0.15, -0.1) is 0 Å². The van der Waals surface area contributed by atoms with E-state index in [-0.39, 0.29) is 60.4 Å². The van der Waals surface area contributed by atoms with Crippen LogP contribution in [-0.4, -0.2) is 41.4 Å². The number of hydrogen-bond acceptors (Lipinski definition) is 5. The molecule has 3 saturated carbocycles. The van der Waals surface area contributed by atoms with Crippen LogP contribution < -0.4 is 5.32 Å². The number of carbonyl (C=O) groups is 4. The molecule has 1 amide bonds. The average Bonchev–Trinajstić information content (AvgIpc) is 3.09. The predicted molar refractivity (Wildman–Crippen MR) is 121 cm³/mol. The Balaban J connectivity index is 1.33. The monoisotopic (exact) mass is 459 g/mol. The molecule has 7 nitrogen and oxygen atoms in total. The van der Waals surface area contributed by atoms with Crippen molar-refractivity contribution >= 4 is 23.6 Å². The zero-order valence-electron chi connectivity index (χ0n) is 19.9. The summed E-state index contributed by atoms with van der Waals surface area (Å²) in [6, 6.07) is 0. The standard InChI is InChI=1S/C26H37NO6/c1-25-12-9-17(28)15-16(25)3-4-18-19-5-6-21(26(19,2)13-10-20(18)25)33-24(32)11-14-27-22(29)7-8-23(30)31/h15,18-21H,3-14H2,1-2H3,(H,27,29)(H,30,31). The third-order valence-electron chi connectivity index (χ3n) is 9.37. The summed E-state index contributed by atoms with van der Waals surface area (Å²) in [7, 11) is 0. The van der Waals surface area contributed by atoms with Gasteiger partial charge in [0.2, 0.25) is 5.91 Å². The van der Waals surface area contributed by atoms with Crippen LogP contribution in [0.25, 0.3) is 0 Å². The maximum Gasteiger partial charge on any atom is 0.307 e. The van der Waals surface area contributed by atoms with Crippen LogP contribution in [0.1, 0.15) is 84.5 Å². The molecule has 0 aromatic heterocycles. The second-order valence-electron chi connectivity index (χ2n) is 11.1. The average molecular weight is 460 g/mol. The first kappa shape index (κ1) is 24.0. The largest absolute Gasteiger partial charge is 0.481 e. The highest BCUT2D eigenvalue weighted by Crippen LogP contribution is 2.65. The highest BCUT2D eigenvalue weighted by molar-refractivity contribution is 5.91. The van der Waals surface area contributed by atoms with E-state index in [1.807, 2.05) is 6.08 Å². The molecule has 182 valence electrons. The topological polar surface area (TPSA) is 110 Å². The molecule has 0 aliphatic heterocycles. The maximum atomic E-state index is 12.5. The van der Waals surface area contributed by atoms with E-state index in [2.05, 4.69) is 19.2 Å². The van der Waals surface area contributed by atoms with Crippen LogP contribution in [0, 0.1) is 28.6 Å². The number of ketones is 1. The van der Waals surface area contributed by atoms with Gasteiger partial charge in [0.05, 0.1) is 12.8 Å². The minimum absolute atomic E-state index is 0.0103. The Kier molecular flexibility index (Phi) is 6.70. The second-order valence-corrected chi connectivity index (χ2v) is 11.1. The van der Waals surface area contributed by atoms with Gasteiger partial charge in [0.1, 0.15) is 6.10 Å². The van der Waals surface area contributed by atoms with Crippen LogP contribution in [0.2, 0.25) is 0 Å². The summed E-state index contributed by atoms with van der Waals surface area (Å²) in [5.41, 5.74) is 1.50. The first-order chi connectivity index (χ1) is 15.6. The number of carbonyl (C=O) groups excluding carboxylic acids is 3. The lowest BCUT2D eigenvalue weighted by Crippen LogP contribution is -2.51. The first-order valence-corrected chi connectivity index (χ1v) is 12.6. The van der Waals surface area contributed by atoms with E-state index in [9.17, 15) is 19.2 Å². The molecule has 4 rings (SSSR count). The summed E-state index contributed by atoms with van der Waals surface area (Å²) in [4.78, 5) is 46.7. The van der Waals surface area contributed by atoms with E-state index in [0.717, 1.165) is 44.9 Å². The fraction of sp³-hybridized carbons (Fsp3) is 0.769. The molecule has 4 aliphatic rings. The quantitative estimate of drug-likeness (QED) is 0.561. The van der Waals surface area contributed by atoms with Crippen molar-refractivity contribution in [3.8, 4) is 0 Å². The van der Waals surface area contributed by atoms with Crippen molar-refractivity contribution in [1.29, 1.82) is 0 Å². The number of allylic oxidation sites excluding steroid dienone is 1. The van der Waals surface area contributed by atoms with Gasteiger partial charge >= 0.3 is 11.9 Å². The summed E-state index contributed by atoms with van der Waals surface area (Å²) < 4.78 is 5.95. The maximum absolute atomic E-state index is 12.5. The van der Waals surface area contributed by atoms with Gasteiger partial charge in [-0.25, -0.2) is 0 Å². The number of carboxylic acids is 1. The fourth-order valence-corrected chi connectivity index (χ4v) is 7.54. The molecule has 4 aliphatic carbocycles. The lowest BCUT2D eigenvalue weighted by atomic mass is 9.47. The van der Waals surface area contributed by atoms with Crippen LogP contribution in [0.5, 0.6) is 0 Å². The minimum atomic E-state index is -1.01. The smallest absolute Gasteiger partial charge is 0.307 e. The number of amides is 1. The van der Waals surface area contributed by atoms with E-state index >= 15 is 0 Å². The lowest BCUT2D eigenvalue weighted by molar-refractivity contribution is -0.159. The second kappa shape index (κ2) is 9.22. The molecule has 3 fully saturated rings. The zero-order valence-corrected chi connectivity index (χ0v) is 19.9. The van der Waals surface area contributed by atoms with Gasteiger partial charge in [0.25, 0.3) is 0 Å². The van der Waals surface area contributed by atoms with Gasteiger partial charge in [0.15, 0.2) is 5.78 Å². The highest BCUT2D eigenvalue weighted by Gasteiger charge is 2.59. The normalized spacial score (nSPS) is 37.3. The summed E-state index contributed by atoms with van der Waals surface area (Å²) >= 11 is 0. The van der Waals surface area contributed by atoms with Crippen molar-refractivity contribution in [2.45, 2.75) is 90.6 Å². The van der Waals surface area contributed by atoms with Crippen molar-refractivity contribution < 1.29 is 29.0 Å². The highest BCUT2D eigenvalue weighted by atomic mass is 16.5. The van der Waals surface area contributed by atoms with Crippen molar-refractivity contribution in [1.82, 2.24) is 5.32 Å². The molecule has 6 unspecified atom stereocenters. The lowest BCUT2D eigenvalue weighted by Gasteiger charge is -2.57. The molecule has 7 heteroatoms. The van der Waals surface area contributed by atoms with Crippen molar-refractivity contribution in [2.24, 2.45) is 28.6 Å². The summed E-state index contributed by atoms with van der Waals surface area (Å²) in [5, 5.41) is 11.2. The van der Waals surface area contributed by atoms with E-state index in [0.29, 0.717) is 24.2 Å². The Morgan fingerprint density at radius 2 is 1.82 bits per heavy atom. The van der Waals surface area contributed by atoms with Gasteiger partial charge in [-0.05, 0) is 74.2 Å². The molecule has 0 bridgehead atoms. The molecule has 0 heterocycles. The Morgan fingerprint density at radius 1 is 1.03 bits per heavy atom. The van der Waals surface area contributed by atoms with Crippen LogP contribution >= 0.6 is 0 Å². The third kappa shape index (κ3) is 4.60. The summed E-state index contributed by atoms with van der Waals surface area (Å²) in [6.07, 6.45) is 9.56. The van der Waals surface area contributed by atoms with Crippen LogP contribution in [0.3, 0.4) is 0 Å². The molecular weight excluding hydrogens is 422 g/mol. The first-order valence-electron chi connectivity index (χ1n) is 12.6. The van der Waals surface area contributed by atoms with E-state index < -0.39 is 5.97 Å². The molecule has 0 aromatic carbocycles. The number of fused-ring (bicyclic) bond motifs is 5. The minimum Gasteiger partial charge on any atom is -0.481 e. The molecule has 0 aromatic rings. The van der Waals surface area contributed by atoms with Crippen molar-refractivity contribution in [3.63, 3.8) is 0 Å². The van der Waals surface area contributed by atoms with Crippen molar-refractivity contribution in [3.05, 3.63) is 11.6 Å². The number of ether oxygens (including phenoxy) is 1. The SMILES string of the molecule is CC12CCC(=O)C=C1CCC1C2CCC2(C)C(OC(=O)CCNC(=O)CCC(=O)O)CCC12. The molecule has 2 N–H and O–H groups in total. The molecule has 6 atom stereocenters. The van der Waals surface area contributed by atoms with Gasteiger partial charge in [-0.1, -0.05) is 19.4 Å². The van der Waals surface area contributed by atoms with E-state index in [1.54, 1.807) is 0 Å². The number of hydrogen-bond donors (Lipinski definition) is 2. The number of nitrogens with one attached hydrogen (secondary N) is 1. The number of esters is 1. The zero-order chi connectivity index (χ0) is 23.8. The molecule has 33 heavy (non-hydrogen) atoms. The Hall–Kier alpha value is -2.18. The van der Waals surface area contributed by atoms with E-state index in [4.69, 9.17) is 9.84 Å². The third-order valence-corrected chi connectivity index (χ3v) is 9.37. The van der Waals surface area contributed by atoms with E-state index in [1.165, 1.54) is 5.57 Å². The molecule has 0 saturated heterocycles. The van der Waals surface area contributed by atoms with Crippen LogP contribution in [0.4, 0.5) is 0 Å². The van der Waals surface area contributed by atoms with Gasteiger partial charge in [0, 0.05) is 24.8 Å². The Labute approximate surface area is 195 Å². The summed E-state index contributed by atoms with van der Waals surface area (Å²) in [6.45, 7) is 4.84.